The zero-order valence-corrected chi connectivity index (χ0v) is 23.2. The third-order valence-corrected chi connectivity index (χ3v) is 8.02. The molecule has 0 radical (unpaired) electrons. The van der Waals surface area contributed by atoms with Crippen LogP contribution in [0.2, 0.25) is 0 Å². The second-order valence-corrected chi connectivity index (χ2v) is 10.9. The van der Waals surface area contributed by atoms with Crippen LogP contribution in [0.1, 0.15) is 32.3 Å². The molecule has 0 bridgehead atoms. The lowest BCUT2D eigenvalue weighted by Crippen LogP contribution is -2.51. The fourth-order valence-electron chi connectivity index (χ4n) is 3.91. The first kappa shape index (κ1) is 29.6. The van der Waals surface area contributed by atoms with Crippen molar-refractivity contribution in [3.8, 4) is 5.75 Å². The Kier molecular flexibility index (Phi) is 10.4. The first-order valence-corrected chi connectivity index (χ1v) is 14.1. The van der Waals surface area contributed by atoms with Crippen LogP contribution in [0.25, 0.3) is 0 Å². The average molecular weight is 556 g/mol. The van der Waals surface area contributed by atoms with E-state index >= 15 is 0 Å². The van der Waals surface area contributed by atoms with E-state index in [9.17, 15) is 22.4 Å². The third kappa shape index (κ3) is 7.79. The van der Waals surface area contributed by atoms with E-state index in [2.05, 4.69) is 5.32 Å². The molecule has 1 N–H and O–H groups in total. The molecular formula is C29H34FN3O5S. The van der Waals surface area contributed by atoms with Crippen molar-refractivity contribution in [1.82, 2.24) is 10.2 Å². The number of rotatable bonds is 13. The first-order chi connectivity index (χ1) is 18.7. The minimum absolute atomic E-state index is 0.0691. The van der Waals surface area contributed by atoms with Gasteiger partial charge in [0.25, 0.3) is 10.0 Å². The summed E-state index contributed by atoms with van der Waals surface area (Å²) in [6.45, 7) is 3.60. The number of carbonyl (C=O) groups excluding carboxylic acids is 2. The van der Waals surface area contributed by atoms with Gasteiger partial charge in [0.1, 0.15) is 24.2 Å². The van der Waals surface area contributed by atoms with E-state index in [-0.39, 0.29) is 23.0 Å². The number of carbonyl (C=O) groups is 2. The molecule has 8 nitrogen and oxygen atoms in total. The summed E-state index contributed by atoms with van der Waals surface area (Å²) in [5.41, 5.74) is 0.894. The molecular weight excluding hydrogens is 521 g/mol. The van der Waals surface area contributed by atoms with Gasteiger partial charge in [-0.2, -0.15) is 0 Å². The predicted molar refractivity (Wildman–Crippen MR) is 148 cm³/mol. The summed E-state index contributed by atoms with van der Waals surface area (Å²) in [5.74, 6) is -0.997. The molecule has 1 atom stereocenters. The van der Waals surface area contributed by atoms with Crippen LogP contribution >= 0.6 is 0 Å². The number of sulfonamides is 1. The Morgan fingerprint density at radius 1 is 0.974 bits per heavy atom. The Bertz CT molecular complexity index is 1330. The summed E-state index contributed by atoms with van der Waals surface area (Å²) >= 11 is 0. The number of ether oxygens (including phenoxy) is 1. The second-order valence-electron chi connectivity index (χ2n) is 8.99. The molecule has 0 saturated carbocycles. The summed E-state index contributed by atoms with van der Waals surface area (Å²) in [7, 11) is -2.78. The SMILES string of the molecule is CCCCNC(=O)[C@H](C)N(Cc1ccccc1)C(=O)CN(c1ccc(F)cc1)S(=O)(=O)c1ccc(OC)cc1. The number of amides is 2. The number of benzene rings is 3. The molecule has 39 heavy (non-hydrogen) atoms. The largest absolute Gasteiger partial charge is 0.497 e. The molecule has 0 unspecified atom stereocenters. The maximum Gasteiger partial charge on any atom is 0.264 e. The van der Waals surface area contributed by atoms with E-state index in [4.69, 9.17) is 4.74 Å². The van der Waals surface area contributed by atoms with E-state index in [1.807, 2.05) is 37.3 Å². The van der Waals surface area contributed by atoms with Gasteiger partial charge in [0.15, 0.2) is 0 Å². The van der Waals surface area contributed by atoms with Gasteiger partial charge in [-0.25, -0.2) is 12.8 Å². The number of nitrogens with one attached hydrogen (secondary N) is 1. The first-order valence-electron chi connectivity index (χ1n) is 12.7. The van der Waals surface area contributed by atoms with Crippen molar-refractivity contribution in [1.29, 1.82) is 0 Å². The van der Waals surface area contributed by atoms with E-state index < -0.39 is 34.3 Å². The molecule has 0 aliphatic heterocycles. The maximum absolute atomic E-state index is 13.8. The van der Waals surface area contributed by atoms with Crippen molar-refractivity contribution in [2.45, 2.75) is 44.2 Å². The lowest BCUT2D eigenvalue weighted by Gasteiger charge is -2.32. The minimum atomic E-state index is -4.25. The summed E-state index contributed by atoms with van der Waals surface area (Å²) in [5, 5.41) is 2.84. The highest BCUT2D eigenvalue weighted by molar-refractivity contribution is 7.92. The normalized spacial score (nSPS) is 11.9. The van der Waals surface area contributed by atoms with Crippen molar-refractivity contribution < 1.29 is 27.1 Å². The van der Waals surface area contributed by atoms with E-state index in [0.29, 0.717) is 12.3 Å². The smallest absolute Gasteiger partial charge is 0.264 e. The van der Waals surface area contributed by atoms with Crippen LogP contribution in [-0.4, -0.2) is 51.4 Å². The van der Waals surface area contributed by atoms with Crippen molar-refractivity contribution >= 4 is 27.5 Å². The number of hydrogen-bond donors (Lipinski definition) is 1. The van der Waals surface area contributed by atoms with Gasteiger partial charge in [-0.05, 0) is 67.4 Å². The van der Waals surface area contributed by atoms with Gasteiger partial charge < -0.3 is 15.0 Å². The number of anilines is 1. The van der Waals surface area contributed by atoms with Crippen LogP contribution < -0.4 is 14.4 Å². The monoisotopic (exact) mass is 555 g/mol. The molecule has 0 fully saturated rings. The van der Waals surface area contributed by atoms with Crippen LogP contribution in [0.5, 0.6) is 5.75 Å². The lowest BCUT2D eigenvalue weighted by molar-refractivity contribution is -0.139. The van der Waals surface area contributed by atoms with Crippen molar-refractivity contribution in [2.75, 3.05) is 24.5 Å². The summed E-state index contributed by atoms with van der Waals surface area (Å²) in [4.78, 5) is 28.0. The number of nitrogens with zero attached hydrogens (tertiary/aromatic N) is 2. The second kappa shape index (κ2) is 13.7. The van der Waals surface area contributed by atoms with Gasteiger partial charge in [0.2, 0.25) is 11.8 Å². The summed E-state index contributed by atoms with van der Waals surface area (Å²) in [6, 6.07) is 18.9. The molecule has 0 spiro atoms. The van der Waals surface area contributed by atoms with Crippen molar-refractivity contribution in [3.05, 3.63) is 90.2 Å². The molecule has 2 amide bonds. The van der Waals surface area contributed by atoms with Crippen molar-refractivity contribution in [2.24, 2.45) is 0 Å². The van der Waals surface area contributed by atoms with Crippen LogP contribution in [-0.2, 0) is 26.2 Å². The maximum atomic E-state index is 13.8. The zero-order chi connectivity index (χ0) is 28.4. The Morgan fingerprint density at radius 2 is 1.62 bits per heavy atom. The molecule has 10 heteroatoms. The molecule has 0 saturated heterocycles. The zero-order valence-electron chi connectivity index (χ0n) is 22.3. The summed E-state index contributed by atoms with van der Waals surface area (Å²) in [6.07, 6.45) is 1.70. The molecule has 0 aromatic heterocycles. The van der Waals surface area contributed by atoms with Crippen LogP contribution in [0.4, 0.5) is 10.1 Å². The van der Waals surface area contributed by atoms with Gasteiger partial charge in [-0.3, -0.25) is 13.9 Å². The lowest BCUT2D eigenvalue weighted by atomic mass is 10.1. The molecule has 208 valence electrons. The van der Waals surface area contributed by atoms with Crippen LogP contribution in [0.15, 0.2) is 83.8 Å². The van der Waals surface area contributed by atoms with Crippen LogP contribution in [0.3, 0.4) is 0 Å². The number of unbranched alkanes of at least 4 members (excludes halogenated alkanes) is 1. The Morgan fingerprint density at radius 3 is 2.21 bits per heavy atom. The predicted octanol–water partition coefficient (Wildman–Crippen LogP) is 4.36. The Balaban J connectivity index is 1.98. The quantitative estimate of drug-likeness (QED) is 0.316. The van der Waals surface area contributed by atoms with Gasteiger partial charge in [0.05, 0.1) is 17.7 Å². The number of hydrogen-bond acceptors (Lipinski definition) is 5. The number of halogens is 1. The third-order valence-electron chi connectivity index (χ3n) is 6.23. The van der Waals surface area contributed by atoms with Gasteiger partial charge >= 0.3 is 0 Å². The van der Waals surface area contributed by atoms with Gasteiger partial charge in [0, 0.05) is 13.1 Å². The molecule has 3 aromatic carbocycles. The standard InChI is InChI=1S/C29H34FN3O5S/c1-4-5-19-31-29(35)22(2)32(20-23-9-7-6-8-10-23)28(34)21-33(25-13-11-24(30)12-14-25)39(36,37)27-17-15-26(38-3)16-18-27/h6-18,22H,4-5,19-21H2,1-3H3,(H,31,35)/t22-/m0/s1. The van der Waals surface area contributed by atoms with Crippen LogP contribution in [0, 0.1) is 5.82 Å². The van der Waals surface area contributed by atoms with E-state index in [1.54, 1.807) is 6.92 Å². The molecule has 0 aliphatic rings. The number of methoxy groups -OCH3 is 1. The molecule has 3 aromatic rings. The highest BCUT2D eigenvalue weighted by Crippen LogP contribution is 2.26. The Labute approximate surface area is 229 Å². The fraction of sp³-hybridized carbons (Fsp3) is 0.310. The highest BCUT2D eigenvalue weighted by Gasteiger charge is 2.32. The van der Waals surface area contributed by atoms with E-state index in [1.165, 1.54) is 48.4 Å². The molecule has 0 heterocycles. The summed E-state index contributed by atoms with van der Waals surface area (Å²) < 4.78 is 47.3. The van der Waals surface area contributed by atoms with Crippen molar-refractivity contribution in [3.63, 3.8) is 0 Å². The molecule has 0 aliphatic carbocycles. The average Bonchev–Trinajstić information content (AvgIpc) is 2.95. The van der Waals surface area contributed by atoms with Gasteiger partial charge in [-0.1, -0.05) is 43.7 Å². The topological polar surface area (TPSA) is 96.0 Å². The van der Waals surface area contributed by atoms with E-state index in [0.717, 1.165) is 34.8 Å². The molecule has 3 rings (SSSR count). The Hall–Kier alpha value is -3.92. The minimum Gasteiger partial charge on any atom is -0.497 e. The van der Waals surface area contributed by atoms with Gasteiger partial charge in [-0.15, -0.1) is 0 Å². The fourth-order valence-corrected chi connectivity index (χ4v) is 5.32. The highest BCUT2D eigenvalue weighted by atomic mass is 32.2.